The number of nitrogens with one attached hydrogen (secondary N) is 1. The van der Waals surface area contributed by atoms with E-state index in [-0.39, 0.29) is 5.91 Å². The zero-order chi connectivity index (χ0) is 15.4. The second kappa shape index (κ2) is 6.41. The Labute approximate surface area is 132 Å². The van der Waals surface area contributed by atoms with Crippen molar-refractivity contribution in [3.63, 3.8) is 0 Å². The van der Waals surface area contributed by atoms with Crippen LogP contribution in [0.15, 0.2) is 60.8 Å². The Morgan fingerprint density at radius 3 is 2.36 bits per heavy atom. The van der Waals surface area contributed by atoms with Crippen LogP contribution in [-0.2, 0) is 6.54 Å². The number of carbonyl (C=O) groups is 1. The van der Waals surface area contributed by atoms with Crippen molar-refractivity contribution in [3.05, 3.63) is 71.2 Å². The standard InChI is InChI=1S/C17H15N3OS/c18-17-20-11-15(22-17)16(21)19-10-12-6-8-14(9-7-12)13-4-2-1-3-5-13/h1-9,11H,10H2,(H2,18,20)(H,19,21). The highest BCUT2D eigenvalue weighted by molar-refractivity contribution is 7.17. The van der Waals surface area contributed by atoms with Crippen LogP contribution >= 0.6 is 11.3 Å². The number of nitrogen functional groups attached to an aromatic ring is 1. The largest absolute Gasteiger partial charge is 0.375 e. The summed E-state index contributed by atoms with van der Waals surface area (Å²) in [6.45, 7) is 0.478. The van der Waals surface area contributed by atoms with Gasteiger partial charge in [0, 0.05) is 6.54 Å². The van der Waals surface area contributed by atoms with E-state index in [1.165, 1.54) is 23.1 Å². The summed E-state index contributed by atoms with van der Waals surface area (Å²) in [6, 6.07) is 18.3. The van der Waals surface area contributed by atoms with Gasteiger partial charge in [-0.05, 0) is 16.7 Å². The van der Waals surface area contributed by atoms with Gasteiger partial charge in [0.2, 0.25) is 0 Å². The van der Waals surface area contributed by atoms with Gasteiger partial charge in [-0.1, -0.05) is 65.9 Å². The first kappa shape index (κ1) is 14.3. The molecule has 0 aliphatic carbocycles. The van der Waals surface area contributed by atoms with E-state index in [0.717, 1.165) is 11.1 Å². The lowest BCUT2D eigenvalue weighted by molar-refractivity contribution is 0.0955. The maximum Gasteiger partial charge on any atom is 0.263 e. The summed E-state index contributed by atoms with van der Waals surface area (Å²) in [5.41, 5.74) is 8.91. The van der Waals surface area contributed by atoms with E-state index in [2.05, 4.69) is 34.6 Å². The van der Waals surface area contributed by atoms with Crippen molar-refractivity contribution in [3.8, 4) is 11.1 Å². The first-order chi connectivity index (χ1) is 10.7. The van der Waals surface area contributed by atoms with Gasteiger partial charge >= 0.3 is 0 Å². The summed E-state index contributed by atoms with van der Waals surface area (Å²) in [4.78, 5) is 16.3. The van der Waals surface area contributed by atoms with Crippen molar-refractivity contribution in [2.75, 3.05) is 5.73 Å². The topological polar surface area (TPSA) is 68.0 Å². The summed E-state index contributed by atoms with van der Waals surface area (Å²) in [5, 5.41) is 3.26. The number of anilines is 1. The van der Waals surface area contributed by atoms with E-state index in [9.17, 15) is 4.79 Å². The van der Waals surface area contributed by atoms with Crippen LogP contribution < -0.4 is 11.1 Å². The summed E-state index contributed by atoms with van der Waals surface area (Å²) >= 11 is 1.19. The van der Waals surface area contributed by atoms with Gasteiger partial charge in [0.1, 0.15) is 4.88 Å². The molecule has 0 unspecified atom stereocenters. The molecule has 0 aliphatic heterocycles. The smallest absolute Gasteiger partial charge is 0.263 e. The number of nitrogens with zero attached hydrogens (tertiary/aromatic N) is 1. The maximum atomic E-state index is 11.9. The molecule has 4 nitrogen and oxygen atoms in total. The predicted octanol–water partition coefficient (Wildman–Crippen LogP) is 3.32. The highest BCUT2D eigenvalue weighted by Crippen LogP contribution is 2.19. The van der Waals surface area contributed by atoms with E-state index in [1.807, 2.05) is 30.3 Å². The second-order valence-corrected chi connectivity index (χ2v) is 5.87. The first-order valence-electron chi connectivity index (χ1n) is 6.86. The molecule has 1 aromatic heterocycles. The molecular formula is C17H15N3OS. The third-order valence-electron chi connectivity index (χ3n) is 3.26. The van der Waals surface area contributed by atoms with Gasteiger partial charge in [-0.15, -0.1) is 0 Å². The van der Waals surface area contributed by atoms with Gasteiger partial charge in [0.05, 0.1) is 6.20 Å². The van der Waals surface area contributed by atoms with E-state index in [0.29, 0.717) is 16.6 Å². The number of aromatic nitrogens is 1. The summed E-state index contributed by atoms with van der Waals surface area (Å²) < 4.78 is 0. The Morgan fingerprint density at radius 1 is 1.05 bits per heavy atom. The van der Waals surface area contributed by atoms with Crippen LogP contribution in [-0.4, -0.2) is 10.9 Å². The van der Waals surface area contributed by atoms with Crippen molar-refractivity contribution in [2.24, 2.45) is 0 Å². The van der Waals surface area contributed by atoms with Crippen molar-refractivity contribution in [1.82, 2.24) is 10.3 Å². The van der Waals surface area contributed by atoms with Gasteiger partial charge in [0.15, 0.2) is 5.13 Å². The van der Waals surface area contributed by atoms with Crippen LogP contribution in [0.4, 0.5) is 5.13 Å². The number of benzene rings is 2. The van der Waals surface area contributed by atoms with E-state index < -0.39 is 0 Å². The molecule has 0 spiro atoms. The molecule has 0 bridgehead atoms. The van der Waals surface area contributed by atoms with E-state index in [4.69, 9.17) is 5.73 Å². The number of hydrogen-bond acceptors (Lipinski definition) is 4. The summed E-state index contributed by atoms with van der Waals surface area (Å²) in [7, 11) is 0. The van der Waals surface area contributed by atoms with E-state index >= 15 is 0 Å². The van der Waals surface area contributed by atoms with Crippen molar-refractivity contribution in [1.29, 1.82) is 0 Å². The van der Waals surface area contributed by atoms with Crippen LogP contribution in [0.25, 0.3) is 11.1 Å². The maximum absolute atomic E-state index is 11.9. The number of rotatable bonds is 4. The average Bonchev–Trinajstić information content (AvgIpc) is 3.00. The van der Waals surface area contributed by atoms with Crippen LogP contribution in [0, 0.1) is 0 Å². The molecule has 0 radical (unpaired) electrons. The molecule has 0 fully saturated rings. The molecule has 3 N–H and O–H groups in total. The number of hydrogen-bond donors (Lipinski definition) is 2. The fraction of sp³-hybridized carbons (Fsp3) is 0.0588. The van der Waals surface area contributed by atoms with Gasteiger partial charge in [-0.2, -0.15) is 0 Å². The Kier molecular flexibility index (Phi) is 4.16. The third-order valence-corrected chi connectivity index (χ3v) is 4.09. The van der Waals surface area contributed by atoms with Crippen LogP contribution in [0.1, 0.15) is 15.2 Å². The van der Waals surface area contributed by atoms with Crippen molar-refractivity contribution < 1.29 is 4.79 Å². The van der Waals surface area contributed by atoms with Crippen LogP contribution in [0.3, 0.4) is 0 Å². The molecule has 0 aliphatic rings. The molecule has 0 saturated carbocycles. The molecule has 3 rings (SSSR count). The molecule has 0 saturated heterocycles. The quantitative estimate of drug-likeness (QED) is 0.777. The minimum Gasteiger partial charge on any atom is -0.375 e. The Morgan fingerprint density at radius 2 is 1.73 bits per heavy atom. The first-order valence-corrected chi connectivity index (χ1v) is 7.68. The fourth-order valence-electron chi connectivity index (χ4n) is 2.11. The van der Waals surface area contributed by atoms with Crippen molar-refractivity contribution in [2.45, 2.75) is 6.54 Å². The lowest BCUT2D eigenvalue weighted by Gasteiger charge is -2.06. The normalized spacial score (nSPS) is 10.4. The van der Waals surface area contributed by atoms with Gasteiger partial charge in [-0.3, -0.25) is 4.79 Å². The van der Waals surface area contributed by atoms with Gasteiger partial charge in [-0.25, -0.2) is 4.98 Å². The second-order valence-electron chi connectivity index (χ2n) is 4.81. The van der Waals surface area contributed by atoms with Crippen molar-refractivity contribution >= 4 is 22.4 Å². The fourth-order valence-corrected chi connectivity index (χ4v) is 2.71. The highest BCUT2D eigenvalue weighted by Gasteiger charge is 2.08. The molecule has 2 aromatic carbocycles. The summed E-state index contributed by atoms with van der Waals surface area (Å²) in [5.74, 6) is -0.152. The molecule has 3 aromatic rings. The molecule has 5 heteroatoms. The third kappa shape index (κ3) is 3.32. The van der Waals surface area contributed by atoms with Gasteiger partial charge < -0.3 is 11.1 Å². The molecule has 1 amide bonds. The minimum absolute atomic E-state index is 0.152. The zero-order valence-electron chi connectivity index (χ0n) is 11.8. The Balaban J connectivity index is 1.63. The SMILES string of the molecule is Nc1ncc(C(=O)NCc2ccc(-c3ccccc3)cc2)s1. The number of nitrogens with two attached hydrogens (primary N) is 1. The molecule has 22 heavy (non-hydrogen) atoms. The Hall–Kier alpha value is -2.66. The number of thiazole rings is 1. The number of amides is 1. The molecule has 110 valence electrons. The molecule has 1 heterocycles. The zero-order valence-corrected chi connectivity index (χ0v) is 12.6. The lowest BCUT2D eigenvalue weighted by Crippen LogP contribution is -2.21. The lowest BCUT2D eigenvalue weighted by atomic mass is 10.0. The van der Waals surface area contributed by atoms with Crippen LogP contribution in [0.5, 0.6) is 0 Å². The Bertz CT molecular complexity index is 766. The van der Waals surface area contributed by atoms with Gasteiger partial charge in [0.25, 0.3) is 5.91 Å². The summed E-state index contributed by atoms with van der Waals surface area (Å²) in [6.07, 6.45) is 1.49. The highest BCUT2D eigenvalue weighted by atomic mass is 32.1. The predicted molar refractivity (Wildman–Crippen MR) is 89.6 cm³/mol. The average molecular weight is 309 g/mol. The van der Waals surface area contributed by atoms with Crippen LogP contribution in [0.2, 0.25) is 0 Å². The minimum atomic E-state index is -0.152. The molecular weight excluding hydrogens is 294 g/mol. The van der Waals surface area contributed by atoms with E-state index in [1.54, 1.807) is 0 Å². The number of carbonyl (C=O) groups excluding carboxylic acids is 1. The molecule has 0 atom stereocenters. The monoisotopic (exact) mass is 309 g/mol.